The molecule has 7 heteroatoms. The smallest absolute Gasteiger partial charge is 0.255 e. The maximum Gasteiger partial charge on any atom is 0.255 e. The number of benzene rings is 2. The zero-order valence-electron chi connectivity index (χ0n) is 17.8. The predicted octanol–water partition coefficient (Wildman–Crippen LogP) is 4.19. The van der Waals surface area contributed by atoms with Gasteiger partial charge in [0.05, 0.1) is 11.6 Å². The SMILES string of the molecule is CC(C)(CN)CN(Cc1cc(NC(=O)c2ccc(C#N)cc2)ccc1Cl)C(=O)C1CC1. The van der Waals surface area contributed by atoms with Gasteiger partial charge in [-0.1, -0.05) is 25.4 Å². The van der Waals surface area contributed by atoms with E-state index in [0.29, 0.717) is 41.5 Å². The van der Waals surface area contributed by atoms with Crippen molar-refractivity contribution in [2.24, 2.45) is 17.1 Å². The normalized spacial score (nSPS) is 13.4. The minimum absolute atomic E-state index is 0.0895. The number of hydrogen-bond acceptors (Lipinski definition) is 4. The van der Waals surface area contributed by atoms with Crippen LogP contribution in [-0.4, -0.2) is 29.8 Å². The van der Waals surface area contributed by atoms with Gasteiger partial charge >= 0.3 is 0 Å². The Bertz CT molecular complexity index is 1010. The Morgan fingerprint density at radius 2 is 1.90 bits per heavy atom. The number of nitrogens with zero attached hydrogens (tertiary/aromatic N) is 2. The number of nitrogens with one attached hydrogen (secondary N) is 1. The zero-order valence-corrected chi connectivity index (χ0v) is 18.6. The lowest BCUT2D eigenvalue weighted by Gasteiger charge is -2.32. The van der Waals surface area contributed by atoms with E-state index in [1.54, 1.807) is 42.5 Å². The zero-order chi connectivity index (χ0) is 22.6. The minimum Gasteiger partial charge on any atom is -0.337 e. The molecule has 0 unspecified atom stereocenters. The van der Waals surface area contributed by atoms with Crippen molar-refractivity contribution in [3.63, 3.8) is 0 Å². The Kier molecular flexibility index (Phi) is 6.99. The van der Waals surface area contributed by atoms with Gasteiger partial charge in [-0.05, 0) is 72.8 Å². The summed E-state index contributed by atoms with van der Waals surface area (Å²) in [6.07, 6.45) is 1.85. The number of carbonyl (C=O) groups excluding carboxylic acids is 2. The van der Waals surface area contributed by atoms with Crippen molar-refractivity contribution in [1.29, 1.82) is 5.26 Å². The quantitative estimate of drug-likeness (QED) is 0.645. The molecule has 1 aliphatic rings. The average molecular weight is 439 g/mol. The molecule has 1 saturated carbocycles. The lowest BCUT2D eigenvalue weighted by atomic mass is 9.92. The number of amides is 2. The van der Waals surface area contributed by atoms with Crippen LogP contribution >= 0.6 is 11.6 Å². The van der Waals surface area contributed by atoms with Crippen LogP contribution in [0.5, 0.6) is 0 Å². The second kappa shape index (κ2) is 9.51. The van der Waals surface area contributed by atoms with Crippen molar-refractivity contribution < 1.29 is 9.59 Å². The van der Waals surface area contributed by atoms with Crippen LogP contribution in [0.3, 0.4) is 0 Å². The molecule has 1 aliphatic carbocycles. The molecular weight excluding hydrogens is 412 g/mol. The molecule has 1 fully saturated rings. The van der Waals surface area contributed by atoms with Gasteiger partial charge in [-0.25, -0.2) is 0 Å². The van der Waals surface area contributed by atoms with Gasteiger partial charge in [-0.3, -0.25) is 9.59 Å². The molecule has 31 heavy (non-hydrogen) atoms. The lowest BCUT2D eigenvalue weighted by Crippen LogP contribution is -2.42. The van der Waals surface area contributed by atoms with Crippen molar-refractivity contribution in [1.82, 2.24) is 4.90 Å². The first kappa shape index (κ1) is 22.8. The van der Waals surface area contributed by atoms with Gasteiger partial charge in [0, 0.05) is 35.3 Å². The Morgan fingerprint density at radius 3 is 2.48 bits per heavy atom. The van der Waals surface area contributed by atoms with Gasteiger partial charge in [-0.2, -0.15) is 5.26 Å². The Balaban J connectivity index is 1.77. The number of rotatable bonds is 8. The highest BCUT2D eigenvalue weighted by Crippen LogP contribution is 2.33. The standard InChI is InChI=1S/C24H27ClN4O2/c1-24(2,14-27)15-29(23(31)18-7-8-18)13-19-11-20(9-10-21(19)25)28-22(30)17-5-3-16(12-26)4-6-17/h3-6,9-11,18H,7-8,13-15,27H2,1-2H3,(H,28,30). The van der Waals surface area contributed by atoms with E-state index < -0.39 is 0 Å². The molecule has 3 rings (SSSR count). The molecule has 0 heterocycles. The highest BCUT2D eigenvalue weighted by molar-refractivity contribution is 6.31. The van der Waals surface area contributed by atoms with Crippen LogP contribution in [0.4, 0.5) is 5.69 Å². The largest absolute Gasteiger partial charge is 0.337 e. The van der Waals surface area contributed by atoms with E-state index in [9.17, 15) is 9.59 Å². The van der Waals surface area contributed by atoms with E-state index in [1.807, 2.05) is 24.8 Å². The fraction of sp³-hybridized carbons (Fsp3) is 0.375. The van der Waals surface area contributed by atoms with Gasteiger partial charge in [0.25, 0.3) is 5.91 Å². The number of nitriles is 1. The molecule has 0 bridgehead atoms. The third-order valence-electron chi connectivity index (χ3n) is 5.35. The average Bonchev–Trinajstić information content (AvgIpc) is 3.60. The summed E-state index contributed by atoms with van der Waals surface area (Å²) < 4.78 is 0. The van der Waals surface area contributed by atoms with E-state index in [0.717, 1.165) is 18.4 Å². The fourth-order valence-electron chi connectivity index (χ4n) is 3.26. The second-order valence-corrected chi connectivity index (χ2v) is 9.19. The van der Waals surface area contributed by atoms with E-state index in [2.05, 4.69) is 5.32 Å². The summed E-state index contributed by atoms with van der Waals surface area (Å²) in [6.45, 7) is 5.44. The molecule has 0 saturated heterocycles. The molecular formula is C24H27ClN4O2. The van der Waals surface area contributed by atoms with Crippen LogP contribution in [0.1, 0.15) is 48.2 Å². The molecule has 0 atom stereocenters. The monoisotopic (exact) mass is 438 g/mol. The van der Waals surface area contributed by atoms with Crippen LogP contribution in [0.2, 0.25) is 5.02 Å². The molecule has 6 nitrogen and oxygen atoms in total. The summed E-state index contributed by atoms with van der Waals surface area (Å²) >= 11 is 6.43. The molecule has 0 aliphatic heterocycles. The van der Waals surface area contributed by atoms with Gasteiger partial charge < -0.3 is 16.0 Å². The van der Waals surface area contributed by atoms with E-state index in [-0.39, 0.29) is 23.1 Å². The number of carbonyl (C=O) groups is 2. The summed E-state index contributed by atoms with van der Waals surface area (Å²) in [5.74, 6) is -0.0656. The predicted molar refractivity (Wildman–Crippen MR) is 122 cm³/mol. The summed E-state index contributed by atoms with van der Waals surface area (Å²) in [6, 6.07) is 13.7. The van der Waals surface area contributed by atoms with Crippen LogP contribution in [0.25, 0.3) is 0 Å². The van der Waals surface area contributed by atoms with Crippen LogP contribution < -0.4 is 11.1 Å². The highest BCUT2D eigenvalue weighted by atomic mass is 35.5. The third-order valence-corrected chi connectivity index (χ3v) is 5.72. The summed E-state index contributed by atoms with van der Waals surface area (Å²) in [7, 11) is 0. The van der Waals surface area contributed by atoms with Gasteiger partial charge in [-0.15, -0.1) is 0 Å². The first-order valence-electron chi connectivity index (χ1n) is 10.3. The number of hydrogen-bond donors (Lipinski definition) is 2. The maximum absolute atomic E-state index is 12.9. The second-order valence-electron chi connectivity index (χ2n) is 8.79. The summed E-state index contributed by atoms with van der Waals surface area (Å²) in [5, 5.41) is 12.3. The van der Waals surface area contributed by atoms with Gasteiger partial charge in [0.1, 0.15) is 0 Å². The minimum atomic E-state index is -0.284. The molecule has 2 aromatic carbocycles. The number of nitrogens with two attached hydrogens (primary N) is 1. The summed E-state index contributed by atoms with van der Waals surface area (Å²) in [5.41, 5.74) is 7.98. The van der Waals surface area contributed by atoms with Crippen molar-refractivity contribution in [2.45, 2.75) is 33.2 Å². The van der Waals surface area contributed by atoms with E-state index in [1.165, 1.54) is 0 Å². The lowest BCUT2D eigenvalue weighted by molar-refractivity contribution is -0.134. The van der Waals surface area contributed by atoms with Crippen LogP contribution in [0.15, 0.2) is 42.5 Å². The first-order valence-corrected chi connectivity index (χ1v) is 10.7. The third kappa shape index (κ3) is 6.06. The molecule has 0 radical (unpaired) electrons. The Hall–Kier alpha value is -2.88. The van der Waals surface area contributed by atoms with Crippen molar-refractivity contribution in [3.8, 4) is 6.07 Å². The number of anilines is 1. The highest BCUT2D eigenvalue weighted by Gasteiger charge is 2.35. The van der Waals surface area contributed by atoms with Crippen LogP contribution in [-0.2, 0) is 11.3 Å². The summed E-state index contributed by atoms with van der Waals surface area (Å²) in [4.78, 5) is 27.3. The molecule has 0 aromatic heterocycles. The van der Waals surface area contributed by atoms with Crippen molar-refractivity contribution in [3.05, 3.63) is 64.2 Å². The fourth-order valence-corrected chi connectivity index (χ4v) is 3.44. The van der Waals surface area contributed by atoms with Crippen LogP contribution in [0, 0.1) is 22.7 Å². The van der Waals surface area contributed by atoms with Crippen molar-refractivity contribution >= 4 is 29.1 Å². The Morgan fingerprint density at radius 1 is 1.23 bits per heavy atom. The van der Waals surface area contributed by atoms with E-state index in [4.69, 9.17) is 22.6 Å². The molecule has 2 aromatic rings. The topological polar surface area (TPSA) is 99.2 Å². The van der Waals surface area contributed by atoms with Crippen molar-refractivity contribution in [2.75, 3.05) is 18.4 Å². The van der Waals surface area contributed by atoms with Gasteiger partial charge in [0.15, 0.2) is 0 Å². The molecule has 3 N–H and O–H groups in total. The van der Waals surface area contributed by atoms with E-state index >= 15 is 0 Å². The maximum atomic E-state index is 12.9. The number of halogens is 1. The first-order chi connectivity index (χ1) is 14.7. The Labute approximate surface area is 188 Å². The molecule has 0 spiro atoms. The molecule has 162 valence electrons. The molecule has 2 amide bonds. The van der Waals surface area contributed by atoms with Gasteiger partial charge in [0.2, 0.25) is 5.91 Å².